The third-order valence-corrected chi connectivity index (χ3v) is 13.0. The Morgan fingerprint density at radius 3 is 2.15 bits per heavy atom. The van der Waals surface area contributed by atoms with Crippen molar-refractivity contribution in [1.82, 2.24) is 34.3 Å². The van der Waals surface area contributed by atoms with Crippen LogP contribution in [0, 0.1) is 0 Å². The quantitative estimate of drug-likeness (QED) is 0.0915. The first-order valence-corrected chi connectivity index (χ1v) is 22.3. The molecule has 6 aromatic rings. The first kappa shape index (κ1) is 40.3. The Hall–Kier alpha value is -4.16. The number of nitrogens with zero attached hydrogens (tertiary/aromatic N) is 7. The Balaban J connectivity index is 0.930. The number of β-amino-alcohol motifs (C(OH)–C–C–N with tert-alkyl or cyclic N) is 1. The first-order valence-electron chi connectivity index (χ1n) is 21.5. The molecule has 310 valence electrons. The summed E-state index contributed by atoms with van der Waals surface area (Å²) < 4.78 is 17.4. The summed E-state index contributed by atoms with van der Waals surface area (Å²) in [4.78, 5) is 7.63. The van der Waals surface area contributed by atoms with E-state index in [2.05, 4.69) is 63.2 Å². The zero-order valence-corrected chi connectivity index (χ0v) is 35.3. The fourth-order valence-electron chi connectivity index (χ4n) is 9.33. The molecular weight excluding hydrogens is 781 g/mol. The molecule has 1 N–H and O–H groups in total. The summed E-state index contributed by atoms with van der Waals surface area (Å²) >= 11 is 13.3. The average Bonchev–Trinajstić information content (AvgIpc) is 4.11. The third kappa shape index (κ3) is 9.59. The smallest absolute Gasteiger partial charge is 0.241 e. The van der Waals surface area contributed by atoms with Crippen molar-refractivity contribution in [3.8, 4) is 11.8 Å². The highest BCUT2D eigenvalue weighted by atomic mass is 35.5. The molecule has 0 saturated carbocycles. The van der Waals surface area contributed by atoms with Gasteiger partial charge in [-0.15, -0.1) is 10.2 Å². The topological polar surface area (TPSA) is 84.0 Å². The van der Waals surface area contributed by atoms with Gasteiger partial charge in [0.15, 0.2) is 0 Å². The van der Waals surface area contributed by atoms with Gasteiger partial charge in [-0.2, -0.15) is 0 Å². The van der Waals surface area contributed by atoms with E-state index < -0.39 is 0 Å². The van der Waals surface area contributed by atoms with Crippen LogP contribution in [-0.2, 0) is 13.1 Å². The van der Waals surface area contributed by atoms with Crippen molar-refractivity contribution in [2.45, 2.75) is 76.3 Å². The van der Waals surface area contributed by atoms with Crippen LogP contribution in [-0.4, -0.2) is 110 Å². The van der Waals surface area contributed by atoms with E-state index >= 15 is 0 Å². The van der Waals surface area contributed by atoms with Gasteiger partial charge >= 0.3 is 0 Å². The van der Waals surface area contributed by atoms with Gasteiger partial charge in [0.05, 0.1) is 47.6 Å². The van der Waals surface area contributed by atoms with Crippen LogP contribution in [0.5, 0.6) is 11.8 Å². The highest BCUT2D eigenvalue weighted by Crippen LogP contribution is 2.36. The Kier molecular flexibility index (Phi) is 12.7. The molecule has 10 nitrogen and oxygen atoms in total. The van der Waals surface area contributed by atoms with E-state index in [1.54, 1.807) is 0 Å². The number of aliphatic hydroxyl groups excluding tert-OH is 1. The second kappa shape index (κ2) is 18.6. The summed E-state index contributed by atoms with van der Waals surface area (Å²) in [6.07, 6.45) is 7.04. The Bertz CT molecular complexity index is 2320. The summed E-state index contributed by atoms with van der Waals surface area (Å²) in [5.74, 6) is 1.24. The van der Waals surface area contributed by atoms with E-state index in [0.29, 0.717) is 60.5 Å². The van der Waals surface area contributed by atoms with E-state index in [1.807, 2.05) is 51.8 Å². The third-order valence-electron chi connectivity index (χ3n) is 12.4. The van der Waals surface area contributed by atoms with E-state index in [0.717, 1.165) is 71.0 Å². The highest BCUT2D eigenvalue weighted by Gasteiger charge is 2.28. The van der Waals surface area contributed by atoms with Crippen LogP contribution in [0.1, 0.15) is 67.7 Å². The van der Waals surface area contributed by atoms with Gasteiger partial charge in [-0.1, -0.05) is 65.7 Å². The molecule has 3 atom stereocenters. The van der Waals surface area contributed by atoms with Crippen molar-refractivity contribution in [2.24, 2.45) is 0 Å². The van der Waals surface area contributed by atoms with E-state index in [4.69, 9.17) is 42.9 Å². The molecule has 5 heterocycles. The molecule has 1 unspecified atom stereocenters. The van der Waals surface area contributed by atoms with Gasteiger partial charge in [-0.05, 0) is 118 Å². The number of aliphatic hydroxyl groups is 1. The molecule has 3 aliphatic rings. The minimum absolute atomic E-state index is 0.298. The van der Waals surface area contributed by atoms with Crippen LogP contribution < -0.4 is 9.47 Å². The normalized spacial score (nSPS) is 19.7. The number of benzene rings is 4. The lowest BCUT2D eigenvalue weighted by Gasteiger charge is -2.28. The van der Waals surface area contributed by atoms with Crippen LogP contribution in [0.4, 0.5) is 0 Å². The molecule has 3 fully saturated rings. The van der Waals surface area contributed by atoms with Crippen LogP contribution in [0.2, 0.25) is 10.0 Å². The predicted molar refractivity (Wildman–Crippen MR) is 236 cm³/mol. The SMILES string of the molecule is O[C@@H]1CCN(CCC(Oc2nn(Cc3ccc(Cl)cc3)c3ccccc23)c2cc(Cn3nc(OCCCN4CCC[C@H]4CN4CCCC4)c4ccccc43)ccc2Cl)C1. The molecule has 0 spiro atoms. The number of para-hydroxylation sites is 2. The summed E-state index contributed by atoms with van der Waals surface area (Å²) in [5.41, 5.74) is 5.07. The van der Waals surface area contributed by atoms with Crippen molar-refractivity contribution >= 4 is 45.0 Å². The van der Waals surface area contributed by atoms with Gasteiger partial charge in [0.2, 0.25) is 11.8 Å². The van der Waals surface area contributed by atoms with Gasteiger partial charge < -0.3 is 24.4 Å². The first-order chi connectivity index (χ1) is 28.9. The molecule has 59 heavy (non-hydrogen) atoms. The highest BCUT2D eigenvalue weighted by molar-refractivity contribution is 6.31. The number of hydrogen-bond acceptors (Lipinski definition) is 8. The molecule has 9 rings (SSSR count). The standard InChI is InChI=1S/C47H55Cl2N7O3/c48-36-17-14-34(15-18-36)30-55-44-13-4-2-11-40(44)47(51-55)59-45(21-27-53-26-20-38(57)33-53)41-29-35(16-19-42(41)49)31-56-43-12-3-1-10-39(43)46(50-56)58-28-8-25-54-24-7-9-37(54)32-52-22-5-6-23-52/h1-4,10-19,29,37-38,45,57H,5-9,20-28,30-33H2/t37-,38+,45?/m0/s1. The lowest BCUT2D eigenvalue weighted by Crippen LogP contribution is -2.40. The Labute approximate surface area is 357 Å². The second-order valence-electron chi connectivity index (χ2n) is 16.6. The number of aromatic nitrogens is 4. The minimum Gasteiger partial charge on any atom is -0.476 e. The minimum atomic E-state index is -0.388. The van der Waals surface area contributed by atoms with Gasteiger partial charge in [0.1, 0.15) is 6.10 Å². The van der Waals surface area contributed by atoms with Crippen molar-refractivity contribution in [3.63, 3.8) is 0 Å². The monoisotopic (exact) mass is 835 g/mol. The number of rotatable bonds is 17. The van der Waals surface area contributed by atoms with Gasteiger partial charge in [0, 0.05) is 60.8 Å². The van der Waals surface area contributed by atoms with Crippen LogP contribution in [0.15, 0.2) is 91.0 Å². The fourth-order valence-corrected chi connectivity index (χ4v) is 9.69. The number of fused-ring (bicyclic) bond motifs is 2. The van der Waals surface area contributed by atoms with E-state index in [9.17, 15) is 5.11 Å². The van der Waals surface area contributed by atoms with Gasteiger partial charge in [0.25, 0.3) is 0 Å². The van der Waals surface area contributed by atoms with Crippen LogP contribution in [0.3, 0.4) is 0 Å². The number of ether oxygens (including phenoxy) is 2. The van der Waals surface area contributed by atoms with Crippen molar-refractivity contribution < 1.29 is 14.6 Å². The molecule has 0 amide bonds. The number of hydrogen-bond donors (Lipinski definition) is 1. The Morgan fingerprint density at radius 1 is 0.712 bits per heavy atom. The predicted octanol–water partition coefficient (Wildman–Crippen LogP) is 8.70. The fraction of sp³-hybridized carbons (Fsp3) is 0.447. The van der Waals surface area contributed by atoms with E-state index in [1.165, 1.54) is 51.9 Å². The Morgan fingerprint density at radius 2 is 1.41 bits per heavy atom. The molecule has 4 aromatic carbocycles. The maximum absolute atomic E-state index is 10.3. The molecule has 0 radical (unpaired) electrons. The zero-order valence-electron chi connectivity index (χ0n) is 33.8. The van der Waals surface area contributed by atoms with Crippen LogP contribution >= 0.6 is 23.2 Å². The summed E-state index contributed by atoms with van der Waals surface area (Å²) in [5, 5.41) is 23.7. The number of likely N-dealkylation sites (tertiary alicyclic amines) is 3. The van der Waals surface area contributed by atoms with Crippen molar-refractivity contribution in [3.05, 3.63) is 118 Å². The molecule has 12 heteroatoms. The maximum Gasteiger partial charge on any atom is 0.241 e. The number of halogens is 2. The van der Waals surface area contributed by atoms with Crippen LogP contribution in [0.25, 0.3) is 21.8 Å². The molecule has 0 bridgehead atoms. The van der Waals surface area contributed by atoms with E-state index in [-0.39, 0.29) is 12.2 Å². The molecule has 2 aromatic heterocycles. The molecule has 3 aliphatic heterocycles. The molecular formula is C47H55Cl2N7O3. The average molecular weight is 837 g/mol. The lowest BCUT2D eigenvalue weighted by atomic mass is 10.0. The zero-order chi connectivity index (χ0) is 40.1. The van der Waals surface area contributed by atoms with Crippen molar-refractivity contribution in [1.29, 1.82) is 0 Å². The van der Waals surface area contributed by atoms with Gasteiger partial charge in [-0.3, -0.25) is 14.3 Å². The largest absolute Gasteiger partial charge is 0.476 e. The summed E-state index contributed by atoms with van der Waals surface area (Å²) in [7, 11) is 0. The van der Waals surface area contributed by atoms with Crippen molar-refractivity contribution in [2.75, 3.05) is 59.0 Å². The summed E-state index contributed by atoms with van der Waals surface area (Å²) in [6.45, 7) is 10.0. The summed E-state index contributed by atoms with van der Waals surface area (Å²) in [6, 6.07) is 31.2. The maximum atomic E-state index is 10.3. The molecule has 3 saturated heterocycles. The second-order valence-corrected chi connectivity index (χ2v) is 17.5. The van der Waals surface area contributed by atoms with Gasteiger partial charge in [-0.25, -0.2) is 0 Å². The lowest BCUT2D eigenvalue weighted by molar-refractivity contribution is 0.150. The molecule has 0 aliphatic carbocycles.